The maximum Gasteiger partial charge on any atom is 0.251 e. The molecule has 3 aromatic rings. The third kappa shape index (κ3) is 4.76. The average molecular weight is 495 g/mol. The van der Waals surface area contributed by atoms with Crippen LogP contribution >= 0.6 is 23.2 Å². The van der Waals surface area contributed by atoms with Gasteiger partial charge >= 0.3 is 0 Å². The molecule has 3 nitrogen and oxygen atoms in total. The third-order valence-electron chi connectivity index (χ3n) is 6.49. The number of hydrogen-bond acceptors (Lipinski definition) is 2. The van der Waals surface area contributed by atoms with Gasteiger partial charge in [0.2, 0.25) is 0 Å². The lowest BCUT2D eigenvalue weighted by atomic mass is 9.91. The Kier molecular flexibility index (Phi) is 6.73. The van der Waals surface area contributed by atoms with Gasteiger partial charge in [0.1, 0.15) is 5.82 Å². The minimum Gasteiger partial charge on any atom is -0.332 e. The number of carbonyl (C=O) groups excluding carboxylic acids is 1. The minimum atomic E-state index is -0.256. The Hall–Kier alpha value is -2.66. The normalized spacial score (nSPS) is 16.0. The molecule has 6 heteroatoms. The van der Waals surface area contributed by atoms with Crippen molar-refractivity contribution in [1.29, 1.82) is 0 Å². The largest absolute Gasteiger partial charge is 0.332 e. The van der Waals surface area contributed by atoms with Crippen LogP contribution in [0.25, 0.3) is 16.7 Å². The standard InChI is InChI=1S/C28H25Cl2FN2O/c29-25-9-4-7-20(27(25)30)17-33(21-11-12-21)28(34)24-16-32-14-13-22(24)18-5-3-6-19(15-18)23-8-1-2-10-26(23)31/h1-10,15,21,32H,11-14,16-17H2. The first-order chi connectivity index (χ1) is 16.5. The van der Waals surface area contributed by atoms with Gasteiger partial charge in [-0.15, -0.1) is 0 Å². The first-order valence-corrected chi connectivity index (χ1v) is 12.3. The van der Waals surface area contributed by atoms with Gasteiger partial charge in [-0.25, -0.2) is 4.39 Å². The van der Waals surface area contributed by atoms with Crippen LogP contribution in [0.1, 0.15) is 30.4 Å². The Morgan fingerprint density at radius 1 is 1.00 bits per heavy atom. The molecule has 2 aliphatic rings. The molecule has 0 bridgehead atoms. The van der Waals surface area contributed by atoms with Gasteiger partial charge in [-0.05, 0) is 66.3 Å². The number of nitrogens with zero attached hydrogens (tertiary/aromatic N) is 1. The molecule has 1 N–H and O–H groups in total. The van der Waals surface area contributed by atoms with Gasteiger partial charge < -0.3 is 10.2 Å². The van der Waals surface area contributed by atoms with Crippen LogP contribution in [0.5, 0.6) is 0 Å². The zero-order chi connectivity index (χ0) is 23.7. The van der Waals surface area contributed by atoms with Gasteiger partial charge in [0.15, 0.2) is 0 Å². The van der Waals surface area contributed by atoms with Gasteiger partial charge in [0.05, 0.1) is 10.0 Å². The van der Waals surface area contributed by atoms with E-state index >= 15 is 0 Å². The lowest BCUT2D eigenvalue weighted by Gasteiger charge is -2.28. The lowest BCUT2D eigenvalue weighted by molar-refractivity contribution is -0.128. The molecule has 174 valence electrons. The highest BCUT2D eigenvalue weighted by atomic mass is 35.5. The number of carbonyl (C=O) groups is 1. The molecular weight excluding hydrogens is 470 g/mol. The molecule has 3 aromatic carbocycles. The zero-order valence-corrected chi connectivity index (χ0v) is 20.2. The molecule has 1 saturated carbocycles. The first kappa shape index (κ1) is 23.1. The quantitative estimate of drug-likeness (QED) is 0.411. The Morgan fingerprint density at radius 2 is 1.76 bits per heavy atom. The van der Waals surface area contributed by atoms with E-state index in [1.54, 1.807) is 18.2 Å². The molecule has 0 unspecified atom stereocenters. The summed E-state index contributed by atoms with van der Waals surface area (Å²) in [6.07, 6.45) is 2.71. The molecule has 1 aliphatic heterocycles. The second kappa shape index (κ2) is 9.91. The highest BCUT2D eigenvalue weighted by Crippen LogP contribution is 2.35. The van der Waals surface area contributed by atoms with Crippen LogP contribution < -0.4 is 5.32 Å². The average Bonchev–Trinajstić information content (AvgIpc) is 3.70. The van der Waals surface area contributed by atoms with Crippen LogP contribution in [0.3, 0.4) is 0 Å². The number of benzene rings is 3. The molecule has 34 heavy (non-hydrogen) atoms. The number of halogens is 3. The fourth-order valence-electron chi connectivity index (χ4n) is 4.56. The van der Waals surface area contributed by atoms with Crippen molar-refractivity contribution in [1.82, 2.24) is 10.2 Å². The smallest absolute Gasteiger partial charge is 0.251 e. The Labute approximate surface area is 209 Å². The van der Waals surface area contributed by atoms with E-state index in [-0.39, 0.29) is 17.8 Å². The molecule has 1 aliphatic carbocycles. The number of rotatable bonds is 6. The van der Waals surface area contributed by atoms with Crippen LogP contribution in [0, 0.1) is 5.82 Å². The van der Waals surface area contributed by atoms with E-state index in [9.17, 15) is 9.18 Å². The molecule has 0 atom stereocenters. The van der Waals surface area contributed by atoms with E-state index in [1.165, 1.54) is 6.07 Å². The number of hydrogen-bond donors (Lipinski definition) is 1. The van der Waals surface area contributed by atoms with Crippen LogP contribution in [0.2, 0.25) is 10.0 Å². The van der Waals surface area contributed by atoms with Crippen molar-refractivity contribution in [3.05, 3.63) is 99.3 Å². The van der Waals surface area contributed by atoms with E-state index in [0.717, 1.165) is 53.6 Å². The fourth-order valence-corrected chi connectivity index (χ4v) is 4.94. The fraction of sp³-hybridized carbons (Fsp3) is 0.250. The van der Waals surface area contributed by atoms with Gasteiger partial charge in [0, 0.05) is 30.3 Å². The summed E-state index contributed by atoms with van der Waals surface area (Å²) in [5.41, 5.74) is 4.95. The molecule has 1 fully saturated rings. The monoisotopic (exact) mass is 494 g/mol. The summed E-state index contributed by atoms with van der Waals surface area (Å²) in [6, 6.07) is 20.3. The van der Waals surface area contributed by atoms with Crippen molar-refractivity contribution >= 4 is 34.7 Å². The summed E-state index contributed by atoms with van der Waals surface area (Å²) in [4.78, 5) is 15.8. The van der Waals surface area contributed by atoms with Crippen LogP contribution in [0.15, 0.2) is 72.3 Å². The van der Waals surface area contributed by atoms with Crippen molar-refractivity contribution in [3.8, 4) is 11.1 Å². The Bertz CT molecular complexity index is 1270. The Balaban J connectivity index is 1.51. The van der Waals surface area contributed by atoms with Crippen molar-refractivity contribution in [2.24, 2.45) is 0 Å². The van der Waals surface area contributed by atoms with Crippen LogP contribution in [0.4, 0.5) is 4.39 Å². The second-order valence-corrected chi connectivity index (χ2v) is 9.61. The van der Waals surface area contributed by atoms with E-state index in [1.807, 2.05) is 47.4 Å². The molecule has 1 amide bonds. The topological polar surface area (TPSA) is 32.3 Å². The van der Waals surface area contributed by atoms with Crippen molar-refractivity contribution < 1.29 is 9.18 Å². The molecule has 0 radical (unpaired) electrons. The summed E-state index contributed by atoms with van der Waals surface area (Å²) >= 11 is 12.7. The SMILES string of the molecule is O=C(C1=C(c2cccc(-c3ccccc3F)c2)CCNC1)N(Cc1cccc(Cl)c1Cl)C1CC1. The highest BCUT2D eigenvalue weighted by Gasteiger charge is 2.35. The third-order valence-corrected chi connectivity index (χ3v) is 7.35. The summed E-state index contributed by atoms with van der Waals surface area (Å²) in [5.74, 6) is -0.231. The highest BCUT2D eigenvalue weighted by molar-refractivity contribution is 6.42. The zero-order valence-electron chi connectivity index (χ0n) is 18.7. The van der Waals surface area contributed by atoms with Crippen LogP contribution in [-0.2, 0) is 11.3 Å². The molecule has 5 rings (SSSR count). The molecule has 0 aromatic heterocycles. The number of nitrogens with one attached hydrogen (secondary N) is 1. The minimum absolute atomic E-state index is 0.0250. The lowest BCUT2D eigenvalue weighted by Crippen LogP contribution is -2.39. The molecule has 0 spiro atoms. The van der Waals surface area contributed by atoms with E-state index in [4.69, 9.17) is 23.2 Å². The molecular formula is C28H25Cl2FN2O. The number of amides is 1. The predicted molar refractivity (Wildman–Crippen MR) is 136 cm³/mol. The summed E-state index contributed by atoms with van der Waals surface area (Å²) in [7, 11) is 0. The maximum atomic E-state index is 14.4. The predicted octanol–water partition coefficient (Wildman–Crippen LogP) is 6.74. The van der Waals surface area contributed by atoms with Crippen LogP contribution in [-0.4, -0.2) is 29.9 Å². The van der Waals surface area contributed by atoms with Gasteiger partial charge in [0.25, 0.3) is 5.91 Å². The Morgan fingerprint density at radius 3 is 2.56 bits per heavy atom. The van der Waals surface area contributed by atoms with Crippen molar-refractivity contribution in [2.45, 2.75) is 31.8 Å². The van der Waals surface area contributed by atoms with Gasteiger partial charge in [-0.2, -0.15) is 0 Å². The van der Waals surface area contributed by atoms with E-state index in [2.05, 4.69) is 5.32 Å². The van der Waals surface area contributed by atoms with E-state index < -0.39 is 0 Å². The summed E-state index contributed by atoms with van der Waals surface area (Å²) in [5, 5.41) is 4.35. The summed E-state index contributed by atoms with van der Waals surface area (Å²) < 4.78 is 14.4. The van der Waals surface area contributed by atoms with Crippen molar-refractivity contribution in [3.63, 3.8) is 0 Å². The van der Waals surface area contributed by atoms with Gasteiger partial charge in [-0.3, -0.25) is 4.79 Å². The van der Waals surface area contributed by atoms with E-state index in [0.29, 0.717) is 28.7 Å². The first-order valence-electron chi connectivity index (χ1n) is 11.5. The van der Waals surface area contributed by atoms with Gasteiger partial charge in [-0.1, -0.05) is 71.7 Å². The summed E-state index contributed by atoms with van der Waals surface area (Å²) in [6.45, 7) is 1.72. The molecule has 0 saturated heterocycles. The maximum absolute atomic E-state index is 14.4. The molecule has 1 heterocycles. The van der Waals surface area contributed by atoms with Crippen molar-refractivity contribution in [2.75, 3.05) is 13.1 Å². The second-order valence-electron chi connectivity index (χ2n) is 8.82.